The fourth-order valence-electron chi connectivity index (χ4n) is 1.90. The minimum atomic E-state index is -1.41. The molecule has 0 bridgehead atoms. The first-order valence-electron chi connectivity index (χ1n) is 6.36. The second-order valence-corrected chi connectivity index (χ2v) is 5.20. The molecule has 0 spiro atoms. The Hall–Kier alpha value is -2.42. The molecular weight excluding hydrogens is 252 g/mol. The average Bonchev–Trinajstić information content (AvgIpc) is 2.47. The largest absolute Gasteiger partial charge is 0.481 e. The van der Waals surface area contributed by atoms with Gasteiger partial charge in [-0.1, -0.05) is 54.6 Å². The summed E-state index contributed by atoms with van der Waals surface area (Å²) in [5.41, 5.74) is 1.06. The summed E-state index contributed by atoms with van der Waals surface area (Å²) in [6, 6.07) is 16.8. The van der Waals surface area contributed by atoms with E-state index in [4.69, 9.17) is 5.11 Å². The number of benzene rings is 2. The van der Waals surface area contributed by atoms with Gasteiger partial charge in [0.1, 0.15) is 5.41 Å². The quantitative estimate of drug-likeness (QED) is 0.680. The molecule has 0 aliphatic heterocycles. The molecule has 0 saturated heterocycles. The summed E-state index contributed by atoms with van der Waals surface area (Å²) in [7, 11) is 0. The monoisotopic (exact) mass is 268 g/mol. The highest BCUT2D eigenvalue weighted by Gasteiger charge is 2.36. The molecule has 0 atom stereocenters. The Kier molecular flexibility index (Phi) is 3.70. The maximum atomic E-state index is 12.2. The van der Waals surface area contributed by atoms with Gasteiger partial charge >= 0.3 is 5.97 Å². The molecule has 0 unspecified atom stereocenters. The number of ketones is 1. The van der Waals surface area contributed by atoms with E-state index in [0.29, 0.717) is 5.56 Å². The van der Waals surface area contributed by atoms with Crippen molar-refractivity contribution in [3.8, 4) is 11.1 Å². The molecule has 0 heterocycles. The van der Waals surface area contributed by atoms with E-state index in [0.717, 1.165) is 11.1 Å². The Morgan fingerprint density at radius 3 is 1.85 bits per heavy atom. The van der Waals surface area contributed by atoms with Gasteiger partial charge < -0.3 is 5.11 Å². The molecule has 20 heavy (non-hydrogen) atoms. The normalized spacial score (nSPS) is 11.1. The number of hydrogen-bond donors (Lipinski definition) is 1. The van der Waals surface area contributed by atoms with Crippen molar-refractivity contribution in [1.29, 1.82) is 0 Å². The Balaban J connectivity index is 2.30. The van der Waals surface area contributed by atoms with E-state index in [-0.39, 0.29) is 5.78 Å². The van der Waals surface area contributed by atoms with Crippen molar-refractivity contribution >= 4 is 11.8 Å². The van der Waals surface area contributed by atoms with E-state index < -0.39 is 11.4 Å². The maximum Gasteiger partial charge on any atom is 0.316 e. The Labute approximate surface area is 117 Å². The molecule has 2 rings (SSSR count). The molecule has 3 nitrogen and oxygen atoms in total. The van der Waals surface area contributed by atoms with Gasteiger partial charge in [-0.25, -0.2) is 0 Å². The lowest BCUT2D eigenvalue weighted by atomic mass is 9.84. The fraction of sp³-hybridized carbons (Fsp3) is 0.176. The van der Waals surface area contributed by atoms with Crippen molar-refractivity contribution in [2.24, 2.45) is 5.41 Å². The Bertz CT molecular complexity index is 625. The van der Waals surface area contributed by atoms with E-state index in [1.165, 1.54) is 13.8 Å². The van der Waals surface area contributed by atoms with Gasteiger partial charge in [0.15, 0.2) is 5.78 Å². The number of hydrogen-bond acceptors (Lipinski definition) is 2. The molecule has 2 aromatic carbocycles. The molecule has 0 saturated carbocycles. The summed E-state index contributed by atoms with van der Waals surface area (Å²) in [4.78, 5) is 23.3. The summed E-state index contributed by atoms with van der Waals surface area (Å²) < 4.78 is 0. The molecule has 3 heteroatoms. The van der Waals surface area contributed by atoms with Gasteiger partial charge in [-0.3, -0.25) is 9.59 Å². The third-order valence-electron chi connectivity index (χ3n) is 3.36. The van der Waals surface area contributed by atoms with Crippen LogP contribution in [0.3, 0.4) is 0 Å². The first-order valence-corrected chi connectivity index (χ1v) is 6.36. The predicted octanol–water partition coefficient (Wildman–Crippen LogP) is 3.65. The van der Waals surface area contributed by atoms with Crippen molar-refractivity contribution < 1.29 is 14.7 Å². The van der Waals surface area contributed by atoms with E-state index in [1.807, 2.05) is 42.5 Å². The lowest BCUT2D eigenvalue weighted by molar-refractivity contribution is -0.144. The molecule has 0 fully saturated rings. The van der Waals surface area contributed by atoms with Gasteiger partial charge in [-0.2, -0.15) is 0 Å². The van der Waals surface area contributed by atoms with Crippen molar-refractivity contribution in [3.05, 3.63) is 60.2 Å². The average molecular weight is 268 g/mol. The molecule has 1 N–H and O–H groups in total. The minimum absolute atomic E-state index is 0.385. The number of carbonyl (C=O) groups is 2. The van der Waals surface area contributed by atoms with Crippen LogP contribution in [0.4, 0.5) is 0 Å². The van der Waals surface area contributed by atoms with Crippen LogP contribution in [0.15, 0.2) is 54.6 Å². The van der Waals surface area contributed by atoms with Gasteiger partial charge in [-0.15, -0.1) is 0 Å². The highest BCUT2D eigenvalue weighted by molar-refractivity contribution is 6.11. The SMILES string of the molecule is CC(C)(C(=O)O)C(=O)c1ccc(-c2ccccc2)cc1. The van der Waals surface area contributed by atoms with Crippen LogP contribution in [0.5, 0.6) is 0 Å². The number of carboxylic acid groups (broad SMARTS) is 1. The number of aliphatic carboxylic acids is 1. The van der Waals surface area contributed by atoms with Crippen molar-refractivity contribution in [2.45, 2.75) is 13.8 Å². The molecule has 102 valence electrons. The molecule has 0 radical (unpaired) electrons. The lowest BCUT2D eigenvalue weighted by Crippen LogP contribution is -2.33. The number of carbonyl (C=O) groups excluding carboxylic acids is 1. The second-order valence-electron chi connectivity index (χ2n) is 5.20. The summed E-state index contributed by atoms with van der Waals surface area (Å²) in [6.45, 7) is 2.84. The molecular formula is C17H16O3. The molecule has 0 aromatic heterocycles. The third kappa shape index (κ3) is 2.62. The van der Waals surface area contributed by atoms with E-state index in [9.17, 15) is 9.59 Å². The highest BCUT2D eigenvalue weighted by Crippen LogP contribution is 2.25. The fourth-order valence-corrected chi connectivity index (χ4v) is 1.90. The summed E-state index contributed by atoms with van der Waals surface area (Å²) in [5.74, 6) is -1.50. The molecule has 0 aliphatic carbocycles. The summed E-state index contributed by atoms with van der Waals surface area (Å²) in [6.07, 6.45) is 0. The van der Waals surface area contributed by atoms with Gasteiger partial charge in [-0.05, 0) is 25.0 Å². The standard InChI is InChI=1S/C17H16O3/c1-17(2,16(19)20)15(18)14-10-8-13(9-11-14)12-6-4-3-5-7-12/h3-11H,1-2H3,(H,19,20). The van der Waals surface area contributed by atoms with Gasteiger partial charge in [0.25, 0.3) is 0 Å². The Morgan fingerprint density at radius 2 is 1.35 bits per heavy atom. The first kappa shape index (κ1) is 14.0. The second kappa shape index (κ2) is 5.29. The van der Waals surface area contributed by atoms with Crippen molar-refractivity contribution in [3.63, 3.8) is 0 Å². The van der Waals surface area contributed by atoms with Crippen molar-refractivity contribution in [1.82, 2.24) is 0 Å². The van der Waals surface area contributed by atoms with Crippen LogP contribution in [0.25, 0.3) is 11.1 Å². The summed E-state index contributed by atoms with van der Waals surface area (Å²) >= 11 is 0. The van der Waals surface area contributed by atoms with Gasteiger partial charge in [0.2, 0.25) is 0 Å². The van der Waals surface area contributed by atoms with Gasteiger partial charge in [0.05, 0.1) is 0 Å². The highest BCUT2D eigenvalue weighted by atomic mass is 16.4. The number of rotatable bonds is 4. The first-order chi connectivity index (χ1) is 9.43. The topological polar surface area (TPSA) is 54.4 Å². The lowest BCUT2D eigenvalue weighted by Gasteiger charge is -2.17. The molecule has 0 aliphatic rings. The van der Waals surface area contributed by atoms with Crippen molar-refractivity contribution in [2.75, 3.05) is 0 Å². The zero-order chi connectivity index (χ0) is 14.8. The van der Waals surface area contributed by atoms with Crippen LogP contribution < -0.4 is 0 Å². The zero-order valence-electron chi connectivity index (χ0n) is 11.5. The van der Waals surface area contributed by atoms with Crippen LogP contribution in [0.1, 0.15) is 24.2 Å². The van der Waals surface area contributed by atoms with Gasteiger partial charge in [0, 0.05) is 5.56 Å². The van der Waals surface area contributed by atoms with Crippen LogP contribution in [0, 0.1) is 5.41 Å². The van der Waals surface area contributed by atoms with Crippen LogP contribution >= 0.6 is 0 Å². The molecule has 2 aromatic rings. The predicted molar refractivity (Wildman–Crippen MR) is 77.6 cm³/mol. The van der Waals surface area contributed by atoms with E-state index >= 15 is 0 Å². The summed E-state index contributed by atoms with van der Waals surface area (Å²) in [5, 5.41) is 9.08. The van der Waals surface area contributed by atoms with Crippen LogP contribution in [-0.2, 0) is 4.79 Å². The smallest absolute Gasteiger partial charge is 0.316 e. The third-order valence-corrected chi connectivity index (χ3v) is 3.36. The zero-order valence-corrected chi connectivity index (χ0v) is 11.5. The van der Waals surface area contributed by atoms with E-state index in [1.54, 1.807) is 12.1 Å². The number of Topliss-reactive ketones (excluding diaryl/α,β-unsaturated/α-hetero) is 1. The Morgan fingerprint density at radius 1 is 0.850 bits per heavy atom. The van der Waals surface area contributed by atoms with Crippen LogP contribution in [0.2, 0.25) is 0 Å². The van der Waals surface area contributed by atoms with E-state index in [2.05, 4.69) is 0 Å². The maximum absolute atomic E-state index is 12.2. The molecule has 0 amide bonds. The van der Waals surface area contributed by atoms with Crippen LogP contribution in [-0.4, -0.2) is 16.9 Å². The minimum Gasteiger partial charge on any atom is -0.481 e. The number of carboxylic acids is 1.